The highest BCUT2D eigenvalue weighted by Gasteiger charge is 2.38. The van der Waals surface area contributed by atoms with Gasteiger partial charge in [0.2, 0.25) is 0 Å². The third-order valence-electron chi connectivity index (χ3n) is 4.22. The zero-order chi connectivity index (χ0) is 17.9. The average Bonchev–Trinajstić information content (AvgIpc) is 3.09. The van der Waals surface area contributed by atoms with Gasteiger partial charge in [-0.1, -0.05) is 12.2 Å². The topological polar surface area (TPSA) is 67.1 Å². The van der Waals surface area contributed by atoms with Gasteiger partial charge in [0.15, 0.2) is 5.82 Å². The van der Waals surface area contributed by atoms with Crippen molar-refractivity contribution in [2.75, 3.05) is 0 Å². The maximum Gasteiger partial charge on any atom is 0.169 e. The van der Waals surface area contributed by atoms with E-state index in [1.54, 1.807) is 11.0 Å². The fraction of sp³-hybridized carbons (Fsp3) is 0.500. The monoisotopic (exact) mass is 328 g/mol. The van der Waals surface area contributed by atoms with Crippen LogP contribution in [0.1, 0.15) is 46.4 Å². The van der Waals surface area contributed by atoms with Gasteiger partial charge >= 0.3 is 0 Å². The van der Waals surface area contributed by atoms with E-state index >= 15 is 0 Å². The number of allylic oxidation sites excluding steroid dienone is 2. The number of hydrogen-bond donors (Lipinski definition) is 2. The average molecular weight is 328 g/mol. The lowest BCUT2D eigenvalue weighted by Crippen LogP contribution is -2.28. The predicted octanol–water partition coefficient (Wildman–Crippen LogP) is 2.83. The van der Waals surface area contributed by atoms with Gasteiger partial charge in [-0.05, 0) is 47.3 Å². The molecule has 1 fully saturated rings. The summed E-state index contributed by atoms with van der Waals surface area (Å²) in [6, 6.07) is 0. The van der Waals surface area contributed by atoms with Crippen LogP contribution in [0.25, 0.3) is 0 Å². The molecular formula is C18H28N6. The summed E-state index contributed by atoms with van der Waals surface area (Å²) in [4.78, 5) is 8.43. The number of aromatic nitrogens is 3. The molecule has 24 heavy (non-hydrogen) atoms. The molecule has 1 aromatic heterocycles. The Morgan fingerprint density at radius 1 is 1.38 bits per heavy atom. The van der Waals surface area contributed by atoms with Gasteiger partial charge in [-0.2, -0.15) is 5.10 Å². The lowest BCUT2D eigenvalue weighted by molar-refractivity contribution is 0.601. The minimum absolute atomic E-state index is 0.150. The summed E-state index contributed by atoms with van der Waals surface area (Å²) in [5, 5.41) is 11.1. The Bertz CT molecular complexity index is 699. The minimum Gasteiger partial charge on any atom is -0.378 e. The highest BCUT2D eigenvalue weighted by molar-refractivity contribution is 5.49. The molecular weight excluding hydrogens is 300 g/mol. The molecule has 1 heterocycles. The Labute approximate surface area is 144 Å². The molecule has 130 valence electrons. The van der Waals surface area contributed by atoms with Gasteiger partial charge in [0.25, 0.3) is 0 Å². The van der Waals surface area contributed by atoms with E-state index in [2.05, 4.69) is 66.7 Å². The molecule has 6 heteroatoms. The molecule has 0 aliphatic heterocycles. The molecule has 0 aromatic carbocycles. The smallest absolute Gasteiger partial charge is 0.169 e. The molecule has 1 saturated carbocycles. The molecule has 6 nitrogen and oxygen atoms in total. The SMILES string of the molecule is C=N/C(NC1(C)CC1)=C(\C)C(C(=C)NCc1ncn(C)n1)=C(C)C. The van der Waals surface area contributed by atoms with E-state index in [-0.39, 0.29) is 5.54 Å². The van der Waals surface area contributed by atoms with E-state index in [1.165, 1.54) is 5.57 Å². The second-order valence-corrected chi connectivity index (χ2v) is 6.86. The Kier molecular flexibility index (Phi) is 5.26. The third-order valence-corrected chi connectivity index (χ3v) is 4.22. The summed E-state index contributed by atoms with van der Waals surface area (Å²) in [5.41, 5.74) is 4.26. The van der Waals surface area contributed by atoms with Gasteiger partial charge in [0, 0.05) is 29.4 Å². The fourth-order valence-corrected chi connectivity index (χ4v) is 2.61. The molecule has 1 aromatic rings. The molecule has 0 unspecified atom stereocenters. The molecule has 1 aliphatic rings. The third kappa shape index (κ3) is 4.34. The molecule has 0 radical (unpaired) electrons. The van der Waals surface area contributed by atoms with E-state index in [4.69, 9.17) is 0 Å². The number of aryl methyl sites for hydroxylation is 1. The first-order valence-corrected chi connectivity index (χ1v) is 8.17. The van der Waals surface area contributed by atoms with Crippen LogP contribution in [0.2, 0.25) is 0 Å². The van der Waals surface area contributed by atoms with Crippen molar-refractivity contribution in [2.45, 2.75) is 52.6 Å². The zero-order valence-corrected chi connectivity index (χ0v) is 15.4. The quantitative estimate of drug-likeness (QED) is 0.569. The van der Waals surface area contributed by atoms with Crippen molar-refractivity contribution in [3.8, 4) is 0 Å². The summed E-state index contributed by atoms with van der Waals surface area (Å²) < 4.78 is 1.69. The Morgan fingerprint density at radius 2 is 2.04 bits per heavy atom. The largest absolute Gasteiger partial charge is 0.378 e. The van der Waals surface area contributed by atoms with Crippen molar-refractivity contribution in [1.29, 1.82) is 0 Å². The zero-order valence-electron chi connectivity index (χ0n) is 15.4. The lowest BCUT2D eigenvalue weighted by atomic mass is 9.99. The van der Waals surface area contributed by atoms with Crippen LogP contribution in [0.3, 0.4) is 0 Å². The minimum atomic E-state index is 0.150. The van der Waals surface area contributed by atoms with Crippen LogP contribution in [0.4, 0.5) is 0 Å². The Balaban J connectivity index is 2.16. The van der Waals surface area contributed by atoms with Gasteiger partial charge in [-0.15, -0.1) is 0 Å². The van der Waals surface area contributed by atoms with Crippen LogP contribution in [0.15, 0.2) is 46.1 Å². The van der Waals surface area contributed by atoms with Gasteiger partial charge in [-0.3, -0.25) is 4.68 Å². The molecule has 1 aliphatic carbocycles. The summed E-state index contributed by atoms with van der Waals surface area (Å²) >= 11 is 0. The van der Waals surface area contributed by atoms with Crippen LogP contribution < -0.4 is 10.6 Å². The molecule has 0 amide bonds. The van der Waals surface area contributed by atoms with E-state index in [0.717, 1.165) is 41.3 Å². The van der Waals surface area contributed by atoms with E-state index in [1.807, 2.05) is 7.05 Å². The first-order chi connectivity index (χ1) is 11.3. The number of hydrogen-bond acceptors (Lipinski definition) is 5. The normalized spacial score (nSPS) is 16.0. The molecule has 0 spiro atoms. The fourth-order valence-electron chi connectivity index (χ4n) is 2.61. The number of aliphatic imine (C=N–C) groups is 1. The van der Waals surface area contributed by atoms with E-state index < -0.39 is 0 Å². The van der Waals surface area contributed by atoms with Crippen molar-refractivity contribution in [1.82, 2.24) is 25.4 Å². The summed E-state index contributed by atoms with van der Waals surface area (Å²) in [6.07, 6.45) is 4.01. The second-order valence-electron chi connectivity index (χ2n) is 6.86. The van der Waals surface area contributed by atoms with Crippen LogP contribution in [0.5, 0.6) is 0 Å². The maximum absolute atomic E-state index is 4.27. The van der Waals surface area contributed by atoms with Crippen molar-refractivity contribution >= 4 is 6.72 Å². The molecule has 0 saturated heterocycles. The number of nitrogens with one attached hydrogen (secondary N) is 2. The van der Waals surface area contributed by atoms with Crippen LogP contribution >= 0.6 is 0 Å². The number of rotatable bonds is 8. The summed E-state index contributed by atoms with van der Waals surface area (Å²) in [5.74, 6) is 1.56. The van der Waals surface area contributed by atoms with Gasteiger partial charge in [0.1, 0.15) is 12.1 Å². The van der Waals surface area contributed by atoms with Gasteiger partial charge in [-0.25, -0.2) is 9.98 Å². The Hall–Kier alpha value is -2.37. The van der Waals surface area contributed by atoms with Crippen LogP contribution in [0, 0.1) is 0 Å². The van der Waals surface area contributed by atoms with Crippen molar-refractivity contribution < 1.29 is 0 Å². The molecule has 2 rings (SSSR count). The summed E-state index contributed by atoms with van der Waals surface area (Å²) in [7, 11) is 1.85. The molecule has 0 atom stereocenters. The van der Waals surface area contributed by atoms with Gasteiger partial charge in [0.05, 0.1) is 6.54 Å². The predicted molar refractivity (Wildman–Crippen MR) is 98.4 cm³/mol. The van der Waals surface area contributed by atoms with Gasteiger partial charge < -0.3 is 10.6 Å². The Morgan fingerprint density at radius 3 is 2.50 bits per heavy atom. The van der Waals surface area contributed by atoms with Crippen molar-refractivity contribution in [3.63, 3.8) is 0 Å². The number of nitrogens with zero attached hydrogens (tertiary/aromatic N) is 4. The van der Waals surface area contributed by atoms with E-state index in [9.17, 15) is 0 Å². The first kappa shape index (κ1) is 18.0. The molecule has 0 bridgehead atoms. The first-order valence-electron chi connectivity index (χ1n) is 8.17. The molecule has 2 N–H and O–H groups in total. The second kappa shape index (κ2) is 7.03. The van der Waals surface area contributed by atoms with Crippen LogP contribution in [-0.2, 0) is 13.6 Å². The van der Waals surface area contributed by atoms with Crippen molar-refractivity contribution in [3.05, 3.63) is 47.0 Å². The summed E-state index contributed by atoms with van der Waals surface area (Å²) in [6.45, 7) is 16.9. The standard InChI is InChI=1S/C18H28N6/c1-12(2)16(13(3)17(19-6)22-18(5)8-9-18)14(4)20-10-15-21-11-24(7)23-15/h11,20,22H,4,6,8-10H2,1-3,5,7H3/b17-13-. The van der Waals surface area contributed by atoms with E-state index in [0.29, 0.717) is 6.54 Å². The highest BCUT2D eigenvalue weighted by atomic mass is 15.3. The van der Waals surface area contributed by atoms with Crippen molar-refractivity contribution in [2.24, 2.45) is 12.0 Å². The maximum atomic E-state index is 4.27. The highest BCUT2D eigenvalue weighted by Crippen LogP contribution is 2.36. The lowest BCUT2D eigenvalue weighted by Gasteiger charge is -2.20. The van der Waals surface area contributed by atoms with Crippen LogP contribution in [-0.4, -0.2) is 27.0 Å².